The van der Waals surface area contributed by atoms with Gasteiger partial charge in [-0.25, -0.2) is 23.4 Å². The van der Waals surface area contributed by atoms with Gasteiger partial charge in [-0.1, -0.05) is 22.9 Å². The molecule has 4 heterocycles. The van der Waals surface area contributed by atoms with E-state index in [0.29, 0.717) is 25.1 Å². The highest BCUT2D eigenvalue weighted by Gasteiger charge is 2.35. The van der Waals surface area contributed by atoms with E-state index < -0.39 is 35.0 Å². The number of aromatic nitrogens is 3. The summed E-state index contributed by atoms with van der Waals surface area (Å²) < 4.78 is 48.8. The predicted octanol–water partition coefficient (Wildman–Crippen LogP) is 7.69. The van der Waals surface area contributed by atoms with Crippen molar-refractivity contribution in [1.82, 2.24) is 24.8 Å². The minimum absolute atomic E-state index is 0.00875. The molecule has 0 aliphatic carbocycles. The number of nitrogens with zero attached hydrogens (tertiary/aromatic N) is 5. The Morgan fingerprint density at radius 1 is 1.04 bits per heavy atom. The number of benzene rings is 2. The first-order valence-electron chi connectivity index (χ1n) is 16.3. The number of fused-ring (bicyclic) bond motifs is 2. The topological polar surface area (TPSA) is 131 Å². The lowest BCUT2D eigenvalue weighted by Gasteiger charge is -2.40. The van der Waals surface area contributed by atoms with E-state index in [4.69, 9.17) is 25.8 Å². The molecule has 0 saturated carbocycles. The summed E-state index contributed by atoms with van der Waals surface area (Å²) in [5, 5.41) is 6.21. The fourth-order valence-electron chi connectivity index (χ4n) is 5.82. The van der Waals surface area contributed by atoms with Crippen LogP contribution < -0.4 is 15.4 Å². The fourth-order valence-corrected chi connectivity index (χ4v) is 6.99. The van der Waals surface area contributed by atoms with Gasteiger partial charge in [0.25, 0.3) is 0 Å². The van der Waals surface area contributed by atoms with Crippen molar-refractivity contribution in [2.45, 2.75) is 77.7 Å². The van der Waals surface area contributed by atoms with Crippen molar-refractivity contribution in [3.8, 4) is 17.1 Å². The van der Waals surface area contributed by atoms with E-state index in [-0.39, 0.29) is 60.9 Å². The van der Waals surface area contributed by atoms with Gasteiger partial charge in [-0.2, -0.15) is 9.97 Å². The van der Waals surface area contributed by atoms with Gasteiger partial charge >= 0.3 is 18.2 Å². The fraction of sp³-hybridized carbons (Fsp3) is 0.500. The highest BCUT2D eigenvalue weighted by molar-refractivity contribution is 7.22. The number of carbonyl (C=O) groups is 2. The number of rotatable bonds is 7. The van der Waals surface area contributed by atoms with Crippen molar-refractivity contribution >= 4 is 67.2 Å². The van der Waals surface area contributed by atoms with Crippen LogP contribution >= 0.6 is 22.9 Å². The Labute approximate surface area is 297 Å². The van der Waals surface area contributed by atoms with E-state index >= 15 is 8.78 Å². The molecule has 268 valence electrons. The molecule has 2 aromatic carbocycles. The van der Waals surface area contributed by atoms with Crippen LogP contribution in [0.5, 0.6) is 6.01 Å². The number of hydrogen-bond acceptors (Lipinski definition) is 11. The van der Waals surface area contributed by atoms with E-state index in [1.54, 1.807) is 46.4 Å². The maximum absolute atomic E-state index is 16.8. The zero-order valence-electron chi connectivity index (χ0n) is 28.9. The molecule has 2 N–H and O–H groups in total. The molecule has 2 fully saturated rings. The molecule has 2 saturated heterocycles. The van der Waals surface area contributed by atoms with Crippen molar-refractivity contribution < 1.29 is 32.6 Å². The van der Waals surface area contributed by atoms with Crippen LogP contribution in [-0.4, -0.2) is 93.5 Å². The second-order valence-corrected chi connectivity index (χ2v) is 15.9. The van der Waals surface area contributed by atoms with Crippen LogP contribution in [0.2, 0.25) is 5.02 Å². The van der Waals surface area contributed by atoms with Crippen LogP contribution in [0.4, 0.5) is 29.3 Å². The summed E-state index contributed by atoms with van der Waals surface area (Å²) in [6.45, 7) is 12.5. The maximum atomic E-state index is 16.8. The molecule has 2 amide bonds. The molecule has 2 aliphatic rings. The maximum Gasteiger partial charge on any atom is 0.413 e. The van der Waals surface area contributed by atoms with Gasteiger partial charge in [-0.05, 0) is 86.2 Å². The summed E-state index contributed by atoms with van der Waals surface area (Å²) in [5.74, 6) is -1.10. The van der Waals surface area contributed by atoms with E-state index in [1.165, 1.54) is 18.2 Å². The molecule has 50 heavy (non-hydrogen) atoms. The van der Waals surface area contributed by atoms with Crippen molar-refractivity contribution in [3.63, 3.8) is 0 Å². The second kappa shape index (κ2) is 13.6. The Morgan fingerprint density at radius 2 is 1.76 bits per heavy atom. The summed E-state index contributed by atoms with van der Waals surface area (Å²) in [4.78, 5) is 42.2. The van der Waals surface area contributed by atoms with Crippen molar-refractivity contribution in [2.24, 2.45) is 0 Å². The quantitative estimate of drug-likeness (QED) is 0.195. The third kappa shape index (κ3) is 7.79. The third-order valence-corrected chi connectivity index (χ3v) is 9.46. The normalized spacial score (nSPS) is 17.2. The average molecular weight is 732 g/mol. The molecule has 1 atom stereocenters. The van der Waals surface area contributed by atoms with Crippen molar-refractivity contribution in [1.29, 1.82) is 0 Å². The second-order valence-electron chi connectivity index (χ2n) is 14.5. The summed E-state index contributed by atoms with van der Waals surface area (Å²) in [7, 11) is 2.02. The van der Waals surface area contributed by atoms with Crippen LogP contribution in [-0.2, 0) is 9.47 Å². The SMILES string of the molecule is CN1CCCC1COc1nc(NC2CN(C(=O)OC(C)(C)C)C2)c2cc(Cl)c(-c3ccc(F)c4sc(NC(=O)OC(C)(C)C)nc34)c(F)c2n1. The number of carbonyl (C=O) groups excluding carboxylic acids is 2. The predicted molar refractivity (Wildman–Crippen MR) is 189 cm³/mol. The smallest absolute Gasteiger partial charge is 0.413 e. The number of hydrogen-bond donors (Lipinski definition) is 2. The third-order valence-electron chi connectivity index (χ3n) is 8.19. The molecule has 2 aromatic heterocycles. The lowest BCUT2D eigenvalue weighted by Crippen LogP contribution is -2.58. The minimum atomic E-state index is -0.785. The standard InChI is InChI=1S/C34H40ClF2N7O5S/c1-33(2,3)48-31(45)42-30-40-26-19(10-11-22(36)27(26)50-30)23-21(35)13-20-25(24(23)37)39-29(47-16-18-9-8-12-43(18)7)41-28(20)38-17-14-44(15-17)32(46)49-34(4,5)6/h10-11,13,17-18H,8-9,12,14-16H2,1-7H3,(H,38,39,41)(H,40,42,45). The summed E-state index contributed by atoms with van der Waals surface area (Å²) >= 11 is 7.68. The number of likely N-dealkylation sites (tertiary alicyclic amines) is 2. The number of halogens is 3. The molecular weight excluding hydrogens is 692 g/mol. The first-order chi connectivity index (χ1) is 23.5. The summed E-state index contributed by atoms with van der Waals surface area (Å²) in [5.41, 5.74) is -1.21. The van der Waals surface area contributed by atoms with Gasteiger partial charge in [0.15, 0.2) is 10.9 Å². The van der Waals surface area contributed by atoms with Gasteiger partial charge < -0.3 is 29.3 Å². The first kappa shape index (κ1) is 35.7. The largest absolute Gasteiger partial charge is 0.462 e. The van der Waals surface area contributed by atoms with Crippen molar-refractivity contribution in [3.05, 3.63) is 34.9 Å². The van der Waals surface area contributed by atoms with Crippen LogP contribution in [0.25, 0.3) is 32.2 Å². The van der Waals surface area contributed by atoms with E-state index in [2.05, 4.69) is 30.5 Å². The van der Waals surface area contributed by atoms with Gasteiger partial charge in [0, 0.05) is 35.6 Å². The van der Waals surface area contributed by atoms with E-state index in [0.717, 1.165) is 30.7 Å². The molecule has 12 nitrogen and oxygen atoms in total. The molecule has 4 aromatic rings. The van der Waals surface area contributed by atoms with Crippen LogP contribution in [0, 0.1) is 11.6 Å². The Morgan fingerprint density at radius 3 is 2.42 bits per heavy atom. The monoisotopic (exact) mass is 731 g/mol. The van der Waals surface area contributed by atoms with Gasteiger partial charge in [0.05, 0.1) is 21.3 Å². The number of nitrogens with one attached hydrogen (secondary N) is 2. The Bertz CT molecular complexity index is 1960. The Hall–Kier alpha value is -4.08. The van der Waals surface area contributed by atoms with Gasteiger partial charge in [-0.15, -0.1) is 0 Å². The molecule has 6 rings (SSSR count). The first-order valence-corrected chi connectivity index (χ1v) is 17.5. The number of likely N-dealkylation sites (N-methyl/N-ethyl adjacent to an activating group) is 1. The number of anilines is 2. The molecule has 2 aliphatic heterocycles. The van der Waals surface area contributed by atoms with Crippen LogP contribution in [0.1, 0.15) is 54.4 Å². The average Bonchev–Trinajstić information content (AvgIpc) is 3.59. The van der Waals surface area contributed by atoms with Gasteiger partial charge in [-0.3, -0.25) is 5.32 Å². The number of thiazole rings is 1. The molecule has 16 heteroatoms. The highest BCUT2D eigenvalue weighted by atomic mass is 35.5. The van der Waals surface area contributed by atoms with E-state index in [9.17, 15) is 9.59 Å². The molecule has 0 spiro atoms. The molecule has 0 bridgehead atoms. The van der Waals surface area contributed by atoms with Crippen LogP contribution in [0.3, 0.4) is 0 Å². The Kier molecular flexibility index (Phi) is 9.70. The number of ether oxygens (including phenoxy) is 3. The highest BCUT2D eigenvalue weighted by Crippen LogP contribution is 2.43. The minimum Gasteiger partial charge on any atom is -0.462 e. The molecule has 0 radical (unpaired) electrons. The zero-order chi connectivity index (χ0) is 36.1. The van der Waals surface area contributed by atoms with Gasteiger partial charge in [0.1, 0.15) is 35.0 Å². The Balaban J connectivity index is 1.37. The zero-order valence-corrected chi connectivity index (χ0v) is 30.5. The summed E-state index contributed by atoms with van der Waals surface area (Å²) in [6, 6.07) is 4.04. The van der Waals surface area contributed by atoms with Gasteiger partial charge in [0.2, 0.25) is 0 Å². The molecular formula is C34H40ClF2N7O5S. The molecule has 1 unspecified atom stereocenters. The van der Waals surface area contributed by atoms with E-state index in [1.807, 2.05) is 7.05 Å². The number of amides is 2. The lowest BCUT2D eigenvalue weighted by atomic mass is 10.0. The van der Waals surface area contributed by atoms with Crippen molar-refractivity contribution in [2.75, 3.05) is 43.9 Å². The lowest BCUT2D eigenvalue weighted by molar-refractivity contribution is 0.0104. The summed E-state index contributed by atoms with van der Waals surface area (Å²) in [6.07, 6.45) is 0.802. The van der Waals surface area contributed by atoms with Crippen LogP contribution in [0.15, 0.2) is 18.2 Å².